The van der Waals surface area contributed by atoms with Crippen molar-refractivity contribution in [1.82, 2.24) is 14.8 Å². The van der Waals surface area contributed by atoms with Crippen LogP contribution in [0.5, 0.6) is 0 Å². The van der Waals surface area contributed by atoms with E-state index in [0.717, 1.165) is 5.52 Å². The van der Waals surface area contributed by atoms with E-state index in [-0.39, 0.29) is 5.69 Å². The summed E-state index contributed by atoms with van der Waals surface area (Å²) in [7, 11) is 0. The van der Waals surface area contributed by atoms with Gasteiger partial charge >= 0.3 is 5.97 Å². The number of nitrogens with zero attached hydrogens (tertiary/aromatic N) is 3. The summed E-state index contributed by atoms with van der Waals surface area (Å²) < 4.78 is 6.21. The first-order valence-corrected chi connectivity index (χ1v) is 4.29. The largest absolute Gasteiger partial charge is 0.461 e. The average Bonchev–Trinajstić information content (AvgIpc) is 2.61. The van der Waals surface area contributed by atoms with Crippen molar-refractivity contribution in [3.05, 3.63) is 30.1 Å². The van der Waals surface area contributed by atoms with Crippen molar-refractivity contribution in [2.24, 2.45) is 0 Å². The Labute approximate surface area is 80.3 Å². The van der Waals surface area contributed by atoms with Gasteiger partial charge in [0.2, 0.25) is 0 Å². The van der Waals surface area contributed by atoms with E-state index in [1.165, 1.54) is 4.63 Å². The molecule has 0 spiro atoms. The minimum atomic E-state index is -0.419. The van der Waals surface area contributed by atoms with Crippen LogP contribution in [0.25, 0.3) is 5.52 Å². The van der Waals surface area contributed by atoms with Gasteiger partial charge < -0.3 is 4.74 Å². The fraction of sp³-hybridized carbons (Fsp3) is 0.222. The molecule has 0 amide bonds. The van der Waals surface area contributed by atoms with Crippen molar-refractivity contribution >= 4 is 11.5 Å². The van der Waals surface area contributed by atoms with Crippen LogP contribution in [-0.4, -0.2) is 27.4 Å². The lowest BCUT2D eigenvalue weighted by atomic mass is 10.4. The zero-order chi connectivity index (χ0) is 9.97. The van der Waals surface area contributed by atoms with Crippen molar-refractivity contribution < 1.29 is 9.53 Å². The van der Waals surface area contributed by atoms with Gasteiger partial charge in [0.05, 0.1) is 12.1 Å². The van der Waals surface area contributed by atoms with E-state index in [0.29, 0.717) is 6.61 Å². The molecule has 0 saturated carbocycles. The van der Waals surface area contributed by atoms with Gasteiger partial charge in [0, 0.05) is 12.3 Å². The fourth-order valence-corrected chi connectivity index (χ4v) is 1.14. The molecule has 0 fully saturated rings. The molecule has 14 heavy (non-hydrogen) atoms. The van der Waals surface area contributed by atoms with Gasteiger partial charge in [-0.1, -0.05) is 0 Å². The highest BCUT2D eigenvalue weighted by Crippen LogP contribution is 2.05. The highest BCUT2D eigenvalue weighted by atomic mass is 16.5. The summed E-state index contributed by atoms with van der Waals surface area (Å²) in [5, 5.41) is 7.90. The summed E-state index contributed by atoms with van der Waals surface area (Å²) in [6.07, 6.45) is 1.61. The number of hydrogen-bond donors (Lipinski definition) is 0. The average molecular weight is 191 g/mol. The van der Waals surface area contributed by atoms with Gasteiger partial charge in [-0.05, 0) is 19.1 Å². The summed E-state index contributed by atoms with van der Waals surface area (Å²) >= 11 is 0. The van der Waals surface area contributed by atoms with E-state index in [4.69, 9.17) is 4.74 Å². The third kappa shape index (κ3) is 1.44. The molecule has 0 atom stereocenters. The number of carbonyl (C=O) groups excluding carboxylic acids is 1. The van der Waals surface area contributed by atoms with Gasteiger partial charge in [0.15, 0.2) is 5.69 Å². The summed E-state index contributed by atoms with van der Waals surface area (Å²) in [6.45, 7) is 2.10. The lowest BCUT2D eigenvalue weighted by Gasteiger charge is -1.94. The van der Waals surface area contributed by atoms with Crippen LogP contribution in [0.2, 0.25) is 0 Å². The lowest BCUT2D eigenvalue weighted by molar-refractivity contribution is 0.0519. The van der Waals surface area contributed by atoms with E-state index >= 15 is 0 Å². The standard InChI is InChI=1S/C9H9N3O2/c1-2-14-9(13)8-6-7-4-3-5-10-12(7)11-8/h3-6H,2H2,1H3. The van der Waals surface area contributed by atoms with Gasteiger partial charge in [0.25, 0.3) is 0 Å². The highest BCUT2D eigenvalue weighted by molar-refractivity contribution is 5.88. The molecule has 0 aliphatic heterocycles. The van der Waals surface area contributed by atoms with E-state index in [9.17, 15) is 4.79 Å². The lowest BCUT2D eigenvalue weighted by Crippen LogP contribution is -2.05. The second-order valence-electron chi connectivity index (χ2n) is 2.69. The maximum Gasteiger partial charge on any atom is 0.358 e. The number of esters is 1. The SMILES string of the molecule is CCOC(=O)c1cc2cccnn2n1. The van der Waals surface area contributed by atoms with Gasteiger partial charge in [-0.2, -0.15) is 9.73 Å². The first kappa shape index (κ1) is 8.68. The van der Waals surface area contributed by atoms with Gasteiger partial charge in [-0.3, -0.25) is 0 Å². The number of rotatable bonds is 2. The maximum atomic E-state index is 11.3. The Balaban J connectivity index is 2.40. The van der Waals surface area contributed by atoms with Crippen molar-refractivity contribution in [2.75, 3.05) is 6.61 Å². The minimum absolute atomic E-state index is 0.283. The van der Waals surface area contributed by atoms with E-state index in [1.54, 1.807) is 25.3 Å². The molecule has 5 nitrogen and oxygen atoms in total. The van der Waals surface area contributed by atoms with Crippen LogP contribution in [0.1, 0.15) is 17.4 Å². The summed E-state index contributed by atoms with van der Waals surface area (Å²) in [5.74, 6) is -0.419. The Bertz CT molecular complexity index is 431. The van der Waals surface area contributed by atoms with Crippen LogP contribution in [0.3, 0.4) is 0 Å². The molecule has 2 aromatic rings. The first-order chi connectivity index (χ1) is 6.81. The van der Waals surface area contributed by atoms with Crippen LogP contribution in [0.15, 0.2) is 24.4 Å². The maximum absolute atomic E-state index is 11.3. The van der Waals surface area contributed by atoms with Crippen molar-refractivity contribution in [2.45, 2.75) is 6.92 Å². The van der Waals surface area contributed by atoms with Crippen molar-refractivity contribution in [3.63, 3.8) is 0 Å². The molecule has 0 aliphatic carbocycles. The zero-order valence-electron chi connectivity index (χ0n) is 7.67. The van der Waals surface area contributed by atoms with Crippen LogP contribution < -0.4 is 0 Å². The molecule has 0 saturated heterocycles. The minimum Gasteiger partial charge on any atom is -0.461 e. The Morgan fingerprint density at radius 3 is 3.21 bits per heavy atom. The Kier molecular flexibility index (Phi) is 2.14. The Morgan fingerprint density at radius 1 is 1.64 bits per heavy atom. The van der Waals surface area contributed by atoms with Crippen LogP contribution in [0.4, 0.5) is 0 Å². The van der Waals surface area contributed by atoms with Crippen LogP contribution in [0, 0.1) is 0 Å². The summed E-state index contributed by atoms with van der Waals surface area (Å²) in [6, 6.07) is 5.25. The number of aromatic nitrogens is 3. The monoisotopic (exact) mass is 191 g/mol. The summed E-state index contributed by atoms with van der Waals surface area (Å²) in [5.41, 5.74) is 1.06. The molecular formula is C9H9N3O2. The van der Waals surface area contributed by atoms with E-state index < -0.39 is 5.97 Å². The molecule has 72 valence electrons. The van der Waals surface area contributed by atoms with Crippen molar-refractivity contribution in [3.8, 4) is 0 Å². The molecule has 5 heteroatoms. The quantitative estimate of drug-likeness (QED) is 0.662. The molecule has 2 rings (SSSR count). The predicted octanol–water partition coefficient (Wildman–Crippen LogP) is 0.906. The van der Waals surface area contributed by atoms with E-state index in [1.807, 2.05) is 6.07 Å². The number of fused-ring (bicyclic) bond motifs is 1. The smallest absolute Gasteiger partial charge is 0.358 e. The Morgan fingerprint density at radius 2 is 2.50 bits per heavy atom. The molecule has 0 aliphatic rings. The molecular weight excluding hydrogens is 182 g/mol. The van der Waals surface area contributed by atoms with Gasteiger partial charge in [-0.25, -0.2) is 4.79 Å². The highest BCUT2D eigenvalue weighted by Gasteiger charge is 2.11. The molecule has 2 aromatic heterocycles. The van der Waals surface area contributed by atoms with Crippen LogP contribution in [-0.2, 0) is 4.74 Å². The number of ether oxygens (including phenoxy) is 1. The third-order valence-electron chi connectivity index (χ3n) is 1.73. The van der Waals surface area contributed by atoms with Crippen molar-refractivity contribution in [1.29, 1.82) is 0 Å². The Hall–Kier alpha value is -1.91. The molecule has 0 radical (unpaired) electrons. The topological polar surface area (TPSA) is 56.5 Å². The molecule has 0 aromatic carbocycles. The normalized spacial score (nSPS) is 10.4. The fourth-order valence-electron chi connectivity index (χ4n) is 1.14. The van der Waals surface area contributed by atoms with Crippen LogP contribution >= 0.6 is 0 Å². The van der Waals surface area contributed by atoms with Gasteiger partial charge in [-0.15, -0.1) is 5.10 Å². The molecule has 0 N–H and O–H groups in total. The second kappa shape index (κ2) is 3.45. The number of hydrogen-bond acceptors (Lipinski definition) is 4. The second-order valence-corrected chi connectivity index (χ2v) is 2.69. The molecule has 2 heterocycles. The number of carbonyl (C=O) groups is 1. The van der Waals surface area contributed by atoms with Gasteiger partial charge in [0.1, 0.15) is 0 Å². The van der Waals surface area contributed by atoms with E-state index in [2.05, 4.69) is 10.2 Å². The first-order valence-electron chi connectivity index (χ1n) is 4.29. The molecule has 0 unspecified atom stereocenters. The predicted molar refractivity (Wildman–Crippen MR) is 48.9 cm³/mol. The third-order valence-corrected chi connectivity index (χ3v) is 1.73. The molecule has 0 bridgehead atoms. The summed E-state index contributed by atoms with van der Waals surface area (Å²) in [4.78, 5) is 11.3. The zero-order valence-corrected chi connectivity index (χ0v) is 7.67.